The fraction of sp³-hybridized carbons (Fsp3) is 0.286. The highest BCUT2D eigenvalue weighted by Crippen LogP contribution is 2.17. The molecule has 0 radical (unpaired) electrons. The molecule has 0 saturated carbocycles. The van der Waals surface area contributed by atoms with Crippen molar-refractivity contribution < 1.29 is 4.39 Å². The Morgan fingerprint density at radius 3 is 2.61 bits per heavy atom. The summed E-state index contributed by atoms with van der Waals surface area (Å²) in [5, 5.41) is 3.41. The van der Waals surface area contributed by atoms with Crippen molar-refractivity contribution in [2.45, 2.75) is 25.9 Å². The Labute approximate surface area is 106 Å². The van der Waals surface area contributed by atoms with E-state index in [1.54, 1.807) is 6.20 Å². The van der Waals surface area contributed by atoms with Gasteiger partial charge in [-0.05, 0) is 30.2 Å². The van der Waals surface area contributed by atoms with Crippen LogP contribution in [0.3, 0.4) is 0 Å². The molecule has 0 bridgehead atoms. The number of halogens is 1. The van der Waals surface area contributed by atoms with Crippen LogP contribution >= 0.6 is 0 Å². The fourth-order valence-corrected chi connectivity index (χ4v) is 1.84. The van der Waals surface area contributed by atoms with Crippen LogP contribution < -0.4 is 5.32 Å². The van der Waals surface area contributed by atoms with Crippen LogP contribution in [-0.2, 0) is 6.54 Å². The first-order valence-electron chi connectivity index (χ1n) is 6.03. The predicted molar refractivity (Wildman–Crippen MR) is 68.3 cm³/mol. The summed E-state index contributed by atoms with van der Waals surface area (Å²) in [4.78, 5) is 8.04. The molecule has 1 aromatic heterocycles. The van der Waals surface area contributed by atoms with E-state index in [1.165, 1.54) is 18.5 Å². The molecule has 4 heteroatoms. The Morgan fingerprint density at radius 2 is 2.00 bits per heavy atom. The Hall–Kier alpha value is -1.81. The third-order valence-electron chi connectivity index (χ3n) is 2.85. The molecule has 0 saturated heterocycles. The molecular formula is C14H16FN3. The fourth-order valence-electron chi connectivity index (χ4n) is 1.84. The standard InChI is InChI=1S/C14H16FN3/c1-2-14(11-3-5-12(15)6-4-11)17-9-13-7-8-16-10-18-13/h3-8,10,14,17H,2,9H2,1H3. The molecule has 2 aromatic rings. The van der Waals surface area contributed by atoms with Crippen molar-refractivity contribution >= 4 is 0 Å². The van der Waals surface area contributed by atoms with E-state index in [2.05, 4.69) is 22.2 Å². The van der Waals surface area contributed by atoms with Crippen molar-refractivity contribution in [2.75, 3.05) is 0 Å². The largest absolute Gasteiger partial charge is 0.304 e. The average Bonchev–Trinajstić information content (AvgIpc) is 2.42. The molecule has 1 unspecified atom stereocenters. The second kappa shape index (κ2) is 6.21. The topological polar surface area (TPSA) is 37.8 Å². The van der Waals surface area contributed by atoms with Crippen molar-refractivity contribution in [2.24, 2.45) is 0 Å². The van der Waals surface area contributed by atoms with Gasteiger partial charge in [0.1, 0.15) is 12.1 Å². The van der Waals surface area contributed by atoms with Crippen LogP contribution in [0.25, 0.3) is 0 Å². The molecule has 3 nitrogen and oxygen atoms in total. The van der Waals surface area contributed by atoms with Gasteiger partial charge in [0.05, 0.1) is 5.69 Å². The molecule has 0 spiro atoms. The van der Waals surface area contributed by atoms with Crippen molar-refractivity contribution in [1.82, 2.24) is 15.3 Å². The number of benzene rings is 1. The van der Waals surface area contributed by atoms with Gasteiger partial charge in [0, 0.05) is 18.8 Å². The summed E-state index contributed by atoms with van der Waals surface area (Å²) in [5.41, 5.74) is 2.04. The van der Waals surface area contributed by atoms with Crippen LogP contribution in [0.4, 0.5) is 4.39 Å². The monoisotopic (exact) mass is 245 g/mol. The van der Waals surface area contributed by atoms with E-state index in [4.69, 9.17) is 0 Å². The van der Waals surface area contributed by atoms with Gasteiger partial charge < -0.3 is 5.32 Å². The van der Waals surface area contributed by atoms with E-state index < -0.39 is 0 Å². The maximum Gasteiger partial charge on any atom is 0.123 e. The third-order valence-corrected chi connectivity index (χ3v) is 2.85. The van der Waals surface area contributed by atoms with Gasteiger partial charge in [-0.15, -0.1) is 0 Å². The lowest BCUT2D eigenvalue weighted by Gasteiger charge is -2.17. The van der Waals surface area contributed by atoms with Crippen LogP contribution in [0, 0.1) is 5.82 Å². The Balaban J connectivity index is 1.99. The van der Waals surface area contributed by atoms with Gasteiger partial charge >= 0.3 is 0 Å². The zero-order chi connectivity index (χ0) is 12.8. The smallest absolute Gasteiger partial charge is 0.123 e. The zero-order valence-electron chi connectivity index (χ0n) is 10.3. The van der Waals surface area contributed by atoms with Crippen LogP contribution in [-0.4, -0.2) is 9.97 Å². The molecule has 18 heavy (non-hydrogen) atoms. The maximum atomic E-state index is 12.9. The lowest BCUT2D eigenvalue weighted by molar-refractivity contribution is 0.512. The lowest BCUT2D eigenvalue weighted by Crippen LogP contribution is -2.20. The molecule has 1 atom stereocenters. The first-order valence-corrected chi connectivity index (χ1v) is 6.03. The molecule has 1 heterocycles. The van der Waals surface area contributed by atoms with Gasteiger partial charge in [0.2, 0.25) is 0 Å². The lowest BCUT2D eigenvalue weighted by atomic mass is 10.0. The first-order chi connectivity index (χ1) is 8.79. The van der Waals surface area contributed by atoms with Crippen molar-refractivity contribution in [3.8, 4) is 0 Å². The Kier molecular flexibility index (Phi) is 4.36. The number of hydrogen-bond acceptors (Lipinski definition) is 3. The number of rotatable bonds is 5. The highest BCUT2D eigenvalue weighted by atomic mass is 19.1. The van der Waals surface area contributed by atoms with Gasteiger partial charge in [-0.1, -0.05) is 19.1 Å². The average molecular weight is 245 g/mol. The maximum absolute atomic E-state index is 12.9. The molecule has 94 valence electrons. The Morgan fingerprint density at radius 1 is 1.22 bits per heavy atom. The minimum atomic E-state index is -0.204. The molecule has 0 aliphatic rings. The number of aromatic nitrogens is 2. The summed E-state index contributed by atoms with van der Waals surface area (Å²) in [7, 11) is 0. The zero-order valence-corrected chi connectivity index (χ0v) is 10.3. The quantitative estimate of drug-likeness (QED) is 0.880. The first kappa shape index (κ1) is 12.6. The summed E-state index contributed by atoms with van der Waals surface area (Å²) >= 11 is 0. The molecule has 0 fully saturated rings. The van der Waals surface area contributed by atoms with E-state index >= 15 is 0 Å². The molecular weight excluding hydrogens is 229 g/mol. The van der Waals surface area contributed by atoms with E-state index in [9.17, 15) is 4.39 Å². The normalized spacial score (nSPS) is 12.3. The molecule has 2 rings (SSSR count). The third kappa shape index (κ3) is 3.34. The molecule has 0 amide bonds. The van der Waals surface area contributed by atoms with Crippen molar-refractivity contribution in [1.29, 1.82) is 0 Å². The SMILES string of the molecule is CCC(NCc1ccncn1)c1ccc(F)cc1. The van der Waals surface area contributed by atoms with Gasteiger partial charge in [0.15, 0.2) is 0 Å². The van der Waals surface area contributed by atoms with Gasteiger partial charge in [-0.3, -0.25) is 0 Å². The molecule has 0 aliphatic carbocycles. The Bertz CT molecular complexity index is 470. The highest BCUT2D eigenvalue weighted by molar-refractivity contribution is 5.20. The van der Waals surface area contributed by atoms with Crippen LogP contribution in [0.1, 0.15) is 30.6 Å². The number of nitrogens with zero attached hydrogens (tertiary/aromatic N) is 2. The van der Waals surface area contributed by atoms with Gasteiger partial charge in [-0.25, -0.2) is 14.4 Å². The molecule has 0 aliphatic heterocycles. The summed E-state index contributed by atoms with van der Waals surface area (Å²) < 4.78 is 12.9. The molecule has 1 aromatic carbocycles. The van der Waals surface area contributed by atoms with Crippen LogP contribution in [0.2, 0.25) is 0 Å². The second-order valence-corrected chi connectivity index (χ2v) is 4.09. The number of nitrogens with one attached hydrogen (secondary N) is 1. The van der Waals surface area contributed by atoms with Crippen LogP contribution in [0.5, 0.6) is 0 Å². The minimum absolute atomic E-state index is 0.204. The van der Waals surface area contributed by atoms with E-state index in [0.717, 1.165) is 17.7 Å². The summed E-state index contributed by atoms with van der Waals surface area (Å²) in [6, 6.07) is 8.70. The van der Waals surface area contributed by atoms with Crippen molar-refractivity contribution in [3.63, 3.8) is 0 Å². The summed E-state index contributed by atoms with van der Waals surface area (Å²) in [6.07, 6.45) is 4.20. The van der Waals surface area contributed by atoms with Gasteiger partial charge in [0.25, 0.3) is 0 Å². The molecule has 1 N–H and O–H groups in total. The number of hydrogen-bond donors (Lipinski definition) is 1. The minimum Gasteiger partial charge on any atom is -0.304 e. The predicted octanol–water partition coefficient (Wildman–Crippen LogP) is 2.86. The summed E-state index contributed by atoms with van der Waals surface area (Å²) in [5.74, 6) is -0.204. The highest BCUT2D eigenvalue weighted by Gasteiger charge is 2.08. The van der Waals surface area contributed by atoms with E-state index in [-0.39, 0.29) is 11.9 Å². The van der Waals surface area contributed by atoms with Crippen molar-refractivity contribution in [3.05, 3.63) is 59.9 Å². The van der Waals surface area contributed by atoms with Gasteiger partial charge in [-0.2, -0.15) is 0 Å². The van der Waals surface area contributed by atoms with E-state index in [0.29, 0.717) is 6.54 Å². The summed E-state index contributed by atoms with van der Waals surface area (Å²) in [6.45, 7) is 2.78. The van der Waals surface area contributed by atoms with Crippen LogP contribution in [0.15, 0.2) is 42.9 Å². The van der Waals surface area contributed by atoms with E-state index in [1.807, 2.05) is 18.2 Å². The second-order valence-electron chi connectivity index (χ2n) is 4.09.